The highest BCUT2D eigenvalue weighted by molar-refractivity contribution is 5.11. The van der Waals surface area contributed by atoms with Crippen molar-refractivity contribution in [3.63, 3.8) is 0 Å². The molecule has 0 aromatic heterocycles. The summed E-state index contributed by atoms with van der Waals surface area (Å²) < 4.78 is 14.1. The van der Waals surface area contributed by atoms with Gasteiger partial charge in [0.2, 0.25) is 0 Å². The van der Waals surface area contributed by atoms with Gasteiger partial charge in [0.15, 0.2) is 0 Å². The number of likely N-dealkylation sites (tertiary alicyclic amines) is 1. The van der Waals surface area contributed by atoms with Crippen LogP contribution in [0, 0.1) is 5.92 Å². The molecule has 3 N–H and O–H groups in total. The summed E-state index contributed by atoms with van der Waals surface area (Å²) in [6, 6.07) is -0.356. The molecule has 0 aromatic carbocycles. The minimum Gasteiger partial charge on any atom is -0.387 e. The second kappa shape index (κ2) is 7.25. The molecule has 0 saturated carbocycles. The molecule has 0 amide bonds. The molecule has 0 bridgehead atoms. The first kappa shape index (κ1) is 16.2. The molecule has 0 radical (unpaired) electrons. The molecule has 2 saturated heterocycles. The maximum absolute atomic E-state index is 14.1. The normalized spacial score (nSPS) is 33.5. The highest BCUT2D eigenvalue weighted by atomic mass is 19.1. The molecule has 3 aliphatic heterocycles. The largest absolute Gasteiger partial charge is 0.387 e. The second-order valence-corrected chi connectivity index (χ2v) is 7.13. The summed E-state index contributed by atoms with van der Waals surface area (Å²) in [5, 5.41) is 2.92. The van der Waals surface area contributed by atoms with Crippen LogP contribution < -0.4 is 11.1 Å². The lowest BCUT2D eigenvalue weighted by atomic mass is 9.92. The van der Waals surface area contributed by atoms with Crippen molar-refractivity contribution in [2.45, 2.75) is 24.9 Å². The summed E-state index contributed by atoms with van der Waals surface area (Å²) in [4.78, 5) is 7.24. The molecule has 3 rings (SSSR count). The highest BCUT2D eigenvalue weighted by Gasteiger charge is 2.34. The molecule has 3 aliphatic rings. The van der Waals surface area contributed by atoms with Gasteiger partial charge in [-0.15, -0.1) is 0 Å². The average molecular weight is 311 g/mol. The molecule has 2 atom stereocenters. The number of nitrogens with two attached hydrogens (primary N) is 1. The van der Waals surface area contributed by atoms with E-state index in [1.807, 2.05) is 0 Å². The number of hydrogen-bond donors (Lipinski definition) is 2. The average Bonchev–Trinajstić information content (AvgIpc) is 2.51. The van der Waals surface area contributed by atoms with Gasteiger partial charge in [-0.2, -0.15) is 0 Å². The van der Waals surface area contributed by atoms with E-state index in [1.165, 1.54) is 38.9 Å². The molecule has 5 nitrogen and oxygen atoms in total. The third kappa shape index (κ3) is 3.79. The van der Waals surface area contributed by atoms with Gasteiger partial charge >= 0.3 is 0 Å². The van der Waals surface area contributed by atoms with Crippen LogP contribution in [0.5, 0.6) is 0 Å². The summed E-state index contributed by atoms with van der Waals surface area (Å²) in [7, 11) is 2.19. The molecule has 22 heavy (non-hydrogen) atoms. The van der Waals surface area contributed by atoms with Gasteiger partial charge in [0.05, 0.1) is 6.04 Å². The number of nitrogens with zero attached hydrogens (tertiary/aromatic N) is 3. The number of halogens is 1. The molecule has 0 spiro atoms. The summed E-state index contributed by atoms with van der Waals surface area (Å²) >= 11 is 0. The van der Waals surface area contributed by atoms with Gasteiger partial charge in [-0.3, -0.25) is 4.90 Å². The SMILES string of the molecule is CN1CCN(CC2CCN(C3C(F)=CNCC3N)CC2)CC1. The van der Waals surface area contributed by atoms with Crippen LogP contribution in [0.1, 0.15) is 12.8 Å². The predicted octanol–water partition coefficient (Wildman–Crippen LogP) is 0.0558. The Bertz CT molecular complexity index is 386. The molecule has 126 valence electrons. The molecule has 2 fully saturated rings. The molecule has 2 unspecified atom stereocenters. The fourth-order valence-electron chi connectivity index (χ4n) is 3.95. The minimum atomic E-state index is -0.217. The van der Waals surface area contributed by atoms with Gasteiger partial charge in [0.1, 0.15) is 5.83 Å². The van der Waals surface area contributed by atoms with Crippen molar-refractivity contribution >= 4 is 0 Å². The van der Waals surface area contributed by atoms with Crippen LogP contribution in [0.2, 0.25) is 0 Å². The molecule has 0 aliphatic carbocycles. The summed E-state index contributed by atoms with van der Waals surface area (Å²) in [5.74, 6) is 0.654. The van der Waals surface area contributed by atoms with Gasteiger partial charge in [-0.05, 0) is 38.9 Å². The topological polar surface area (TPSA) is 47.8 Å². The lowest BCUT2D eigenvalue weighted by Crippen LogP contribution is -2.56. The number of piperidine rings is 1. The fraction of sp³-hybridized carbons (Fsp3) is 0.875. The van der Waals surface area contributed by atoms with Crippen molar-refractivity contribution in [3.05, 3.63) is 12.0 Å². The molecule has 3 heterocycles. The third-order valence-corrected chi connectivity index (χ3v) is 5.44. The first-order chi connectivity index (χ1) is 10.6. The van der Waals surface area contributed by atoms with E-state index in [0.717, 1.165) is 31.8 Å². The number of rotatable bonds is 3. The van der Waals surface area contributed by atoms with Gasteiger partial charge in [-0.25, -0.2) is 4.39 Å². The Balaban J connectivity index is 1.46. The quantitative estimate of drug-likeness (QED) is 0.772. The summed E-state index contributed by atoms with van der Waals surface area (Å²) in [6.45, 7) is 8.55. The first-order valence-corrected chi connectivity index (χ1v) is 8.63. The van der Waals surface area contributed by atoms with Crippen molar-refractivity contribution < 1.29 is 4.39 Å². The molecular weight excluding hydrogens is 281 g/mol. The van der Waals surface area contributed by atoms with Crippen LogP contribution in [0.15, 0.2) is 12.0 Å². The smallest absolute Gasteiger partial charge is 0.134 e. The maximum Gasteiger partial charge on any atom is 0.134 e. The van der Waals surface area contributed by atoms with Gasteiger partial charge in [0.25, 0.3) is 0 Å². The van der Waals surface area contributed by atoms with E-state index in [9.17, 15) is 4.39 Å². The zero-order chi connectivity index (χ0) is 15.5. The summed E-state index contributed by atoms with van der Waals surface area (Å²) in [5.41, 5.74) is 6.10. The van der Waals surface area contributed by atoms with Gasteiger partial charge < -0.3 is 20.9 Å². The van der Waals surface area contributed by atoms with E-state index in [2.05, 4.69) is 27.1 Å². The fourth-order valence-corrected chi connectivity index (χ4v) is 3.95. The zero-order valence-corrected chi connectivity index (χ0v) is 13.7. The number of likely N-dealkylation sites (N-methyl/N-ethyl adjacent to an activating group) is 1. The molecule has 6 heteroatoms. The van der Waals surface area contributed by atoms with Crippen molar-refractivity contribution in [3.8, 4) is 0 Å². The first-order valence-electron chi connectivity index (χ1n) is 8.63. The van der Waals surface area contributed by atoms with Gasteiger partial charge in [-0.1, -0.05) is 0 Å². The number of nitrogens with one attached hydrogen (secondary N) is 1. The molecule has 0 aromatic rings. The van der Waals surface area contributed by atoms with E-state index < -0.39 is 0 Å². The highest BCUT2D eigenvalue weighted by Crippen LogP contribution is 2.25. The monoisotopic (exact) mass is 311 g/mol. The Labute approximate surface area is 133 Å². The Morgan fingerprint density at radius 1 is 1.18 bits per heavy atom. The predicted molar refractivity (Wildman–Crippen MR) is 87.2 cm³/mol. The third-order valence-electron chi connectivity index (χ3n) is 5.44. The Hall–Kier alpha value is -0.690. The van der Waals surface area contributed by atoms with E-state index in [-0.39, 0.29) is 17.9 Å². The lowest BCUT2D eigenvalue weighted by molar-refractivity contribution is 0.0828. The van der Waals surface area contributed by atoms with E-state index in [4.69, 9.17) is 5.73 Å². The van der Waals surface area contributed by atoms with Crippen molar-refractivity contribution in [2.24, 2.45) is 11.7 Å². The van der Waals surface area contributed by atoms with Crippen LogP contribution in [0.3, 0.4) is 0 Å². The number of piperazine rings is 1. The second-order valence-electron chi connectivity index (χ2n) is 7.13. The Morgan fingerprint density at radius 2 is 1.86 bits per heavy atom. The van der Waals surface area contributed by atoms with Gasteiger partial charge in [0, 0.05) is 51.5 Å². The lowest BCUT2D eigenvalue weighted by Gasteiger charge is -2.42. The van der Waals surface area contributed by atoms with Crippen LogP contribution in [0.25, 0.3) is 0 Å². The van der Waals surface area contributed by atoms with Crippen LogP contribution in [-0.4, -0.2) is 86.2 Å². The van der Waals surface area contributed by atoms with Crippen LogP contribution in [-0.2, 0) is 0 Å². The van der Waals surface area contributed by atoms with E-state index in [1.54, 1.807) is 0 Å². The van der Waals surface area contributed by atoms with Crippen LogP contribution in [0.4, 0.5) is 4.39 Å². The molecular formula is C16H30FN5. The minimum absolute atomic E-state index is 0.101. The number of hydrogen-bond acceptors (Lipinski definition) is 5. The Kier molecular flexibility index (Phi) is 5.33. The van der Waals surface area contributed by atoms with E-state index in [0.29, 0.717) is 6.54 Å². The van der Waals surface area contributed by atoms with E-state index >= 15 is 0 Å². The van der Waals surface area contributed by atoms with Crippen molar-refractivity contribution in [2.75, 3.05) is 59.4 Å². The maximum atomic E-state index is 14.1. The Morgan fingerprint density at radius 3 is 2.50 bits per heavy atom. The zero-order valence-electron chi connectivity index (χ0n) is 13.7. The van der Waals surface area contributed by atoms with Crippen molar-refractivity contribution in [1.29, 1.82) is 0 Å². The standard InChI is InChI=1S/C16H30FN5/c1-20-6-8-21(9-7-20)12-13-2-4-22(5-3-13)16-14(17)10-19-11-15(16)18/h10,13,15-16,19H,2-9,11-12,18H2,1H3. The summed E-state index contributed by atoms with van der Waals surface area (Å²) in [6.07, 6.45) is 3.82. The van der Waals surface area contributed by atoms with Crippen LogP contribution >= 0.6 is 0 Å². The van der Waals surface area contributed by atoms with Crippen molar-refractivity contribution in [1.82, 2.24) is 20.0 Å².